The summed E-state index contributed by atoms with van der Waals surface area (Å²) < 4.78 is 0. The van der Waals surface area contributed by atoms with E-state index in [1.165, 1.54) is 11.3 Å². The third-order valence-corrected chi connectivity index (χ3v) is 4.41. The first-order valence-electron chi connectivity index (χ1n) is 7.07. The number of benzene rings is 1. The van der Waals surface area contributed by atoms with Crippen LogP contribution >= 0.6 is 11.3 Å². The van der Waals surface area contributed by atoms with Crippen molar-refractivity contribution < 1.29 is 9.59 Å². The average molecular weight is 326 g/mol. The van der Waals surface area contributed by atoms with Gasteiger partial charge in [0, 0.05) is 5.69 Å². The smallest absolute Gasteiger partial charge is 0.324 e. The summed E-state index contributed by atoms with van der Waals surface area (Å²) in [6.45, 7) is 0. The molecule has 0 unspecified atom stereocenters. The molecule has 1 fully saturated rings. The number of rotatable bonds is 4. The van der Waals surface area contributed by atoms with Gasteiger partial charge in [-0.05, 0) is 37.1 Å². The fourth-order valence-electron chi connectivity index (χ4n) is 1.99. The Morgan fingerprint density at radius 1 is 1.09 bits per heavy atom. The molecule has 7 heteroatoms. The molecule has 1 aliphatic rings. The van der Waals surface area contributed by atoms with Crippen LogP contribution in [-0.2, 0) is 0 Å². The Bertz CT molecular complexity index is 775. The van der Waals surface area contributed by atoms with E-state index in [0.717, 1.165) is 0 Å². The molecule has 0 atom stereocenters. The molecule has 1 saturated carbocycles. The van der Waals surface area contributed by atoms with Crippen LogP contribution in [0.2, 0.25) is 0 Å². The molecule has 3 amide bonds. The number of nitrogens with one attached hydrogen (secondary N) is 3. The van der Waals surface area contributed by atoms with Gasteiger partial charge in [-0.2, -0.15) is 5.26 Å². The molecular formula is C16H14N4O2S. The van der Waals surface area contributed by atoms with Crippen LogP contribution in [0.4, 0.5) is 15.5 Å². The zero-order valence-electron chi connectivity index (χ0n) is 12.1. The Balaban J connectivity index is 1.58. The lowest BCUT2D eigenvalue weighted by molar-refractivity contribution is 0.0945. The van der Waals surface area contributed by atoms with Crippen molar-refractivity contribution >= 4 is 34.0 Å². The molecule has 0 saturated heterocycles. The largest absolute Gasteiger partial charge is 0.333 e. The lowest BCUT2D eigenvalue weighted by Gasteiger charge is -2.07. The van der Waals surface area contributed by atoms with Crippen LogP contribution in [0.1, 0.15) is 22.5 Å². The van der Waals surface area contributed by atoms with Gasteiger partial charge in [-0.3, -0.25) is 10.1 Å². The third-order valence-electron chi connectivity index (χ3n) is 3.41. The zero-order chi connectivity index (χ0) is 16.3. The minimum atomic E-state index is -0.695. The highest BCUT2D eigenvalue weighted by molar-refractivity contribution is 7.18. The number of carbonyl (C=O) groups excluding carboxylic acids is 2. The maximum atomic E-state index is 12.1. The Labute approximate surface area is 137 Å². The number of amides is 3. The van der Waals surface area contributed by atoms with E-state index in [0.29, 0.717) is 28.4 Å². The molecule has 1 aromatic heterocycles. The van der Waals surface area contributed by atoms with Gasteiger partial charge in [0.05, 0.1) is 15.9 Å². The summed E-state index contributed by atoms with van der Waals surface area (Å²) in [5.74, 6) is -0.287. The molecule has 0 radical (unpaired) electrons. The topological polar surface area (TPSA) is 94.0 Å². The first kappa shape index (κ1) is 15.1. The summed E-state index contributed by atoms with van der Waals surface area (Å²) in [5, 5.41) is 17.7. The highest BCUT2D eigenvalue weighted by atomic mass is 32.1. The van der Waals surface area contributed by atoms with Gasteiger partial charge in [0.25, 0.3) is 5.91 Å². The maximum absolute atomic E-state index is 12.1. The second-order valence-electron chi connectivity index (χ2n) is 5.26. The van der Waals surface area contributed by atoms with Gasteiger partial charge < -0.3 is 10.6 Å². The van der Waals surface area contributed by atoms with Crippen LogP contribution in [-0.4, -0.2) is 17.5 Å². The minimum absolute atomic E-state index is 0.287. The van der Waals surface area contributed by atoms with E-state index in [1.807, 2.05) is 18.2 Å². The Kier molecular flexibility index (Phi) is 4.00. The van der Waals surface area contributed by atoms with Crippen molar-refractivity contribution in [3.8, 4) is 6.07 Å². The number of hydrogen-bond donors (Lipinski definition) is 3. The standard InChI is InChI=1S/C16H14N4O2S/c17-10-16(8-9-16)20-14(21)12-6-7-13(23-12)19-15(22)18-11-4-2-1-3-5-11/h1-7H,8-9H2,(H,20,21)(H2,18,19,22). The molecule has 0 aliphatic heterocycles. The first-order valence-corrected chi connectivity index (χ1v) is 7.89. The summed E-state index contributed by atoms with van der Waals surface area (Å²) in [6.07, 6.45) is 1.37. The minimum Gasteiger partial charge on any atom is -0.333 e. The summed E-state index contributed by atoms with van der Waals surface area (Å²) in [7, 11) is 0. The fraction of sp³-hybridized carbons (Fsp3) is 0.188. The number of para-hydroxylation sites is 1. The number of nitriles is 1. The van der Waals surface area contributed by atoms with Crippen molar-refractivity contribution in [1.29, 1.82) is 5.26 Å². The highest BCUT2D eigenvalue weighted by Gasteiger charge is 2.44. The number of carbonyl (C=O) groups is 2. The summed E-state index contributed by atoms with van der Waals surface area (Å²) in [6, 6.07) is 14.1. The fourth-order valence-corrected chi connectivity index (χ4v) is 2.79. The van der Waals surface area contributed by atoms with E-state index in [9.17, 15) is 9.59 Å². The predicted molar refractivity (Wildman–Crippen MR) is 88.4 cm³/mol. The van der Waals surface area contributed by atoms with Crippen molar-refractivity contribution in [2.45, 2.75) is 18.4 Å². The van der Waals surface area contributed by atoms with Gasteiger partial charge in [-0.25, -0.2) is 4.79 Å². The average Bonchev–Trinajstić information content (AvgIpc) is 3.16. The zero-order valence-corrected chi connectivity index (χ0v) is 12.9. The van der Waals surface area contributed by atoms with Gasteiger partial charge in [-0.1, -0.05) is 18.2 Å². The van der Waals surface area contributed by atoms with Crippen molar-refractivity contribution in [2.75, 3.05) is 10.6 Å². The lowest BCUT2D eigenvalue weighted by Crippen LogP contribution is -2.35. The Hall–Kier alpha value is -2.85. The molecule has 3 N–H and O–H groups in total. The van der Waals surface area contributed by atoms with Crippen LogP contribution < -0.4 is 16.0 Å². The Morgan fingerprint density at radius 2 is 1.83 bits per heavy atom. The molecule has 0 bridgehead atoms. The second kappa shape index (κ2) is 6.10. The van der Waals surface area contributed by atoms with Crippen LogP contribution in [0, 0.1) is 11.3 Å². The quantitative estimate of drug-likeness (QED) is 0.805. The number of hydrogen-bond acceptors (Lipinski definition) is 4. The predicted octanol–water partition coefficient (Wildman–Crippen LogP) is 3.18. The molecule has 23 heavy (non-hydrogen) atoms. The number of anilines is 2. The van der Waals surface area contributed by atoms with E-state index in [2.05, 4.69) is 22.0 Å². The van der Waals surface area contributed by atoms with Crippen molar-refractivity contribution in [2.24, 2.45) is 0 Å². The molecule has 6 nitrogen and oxygen atoms in total. The SMILES string of the molecule is N#CC1(NC(=O)c2ccc(NC(=O)Nc3ccccc3)s2)CC1. The summed E-state index contributed by atoms with van der Waals surface area (Å²) in [4.78, 5) is 24.4. The van der Waals surface area contributed by atoms with Crippen LogP contribution in [0.5, 0.6) is 0 Å². The van der Waals surface area contributed by atoms with Crippen molar-refractivity contribution in [3.63, 3.8) is 0 Å². The van der Waals surface area contributed by atoms with Crippen molar-refractivity contribution in [1.82, 2.24) is 5.32 Å². The lowest BCUT2D eigenvalue weighted by atomic mass is 10.3. The Morgan fingerprint density at radius 3 is 2.48 bits per heavy atom. The van der Waals surface area contributed by atoms with Gasteiger partial charge in [-0.15, -0.1) is 11.3 Å². The van der Waals surface area contributed by atoms with Gasteiger partial charge in [0.15, 0.2) is 0 Å². The van der Waals surface area contributed by atoms with E-state index < -0.39 is 5.54 Å². The second-order valence-corrected chi connectivity index (χ2v) is 6.34. The normalized spacial score (nSPS) is 14.4. The van der Waals surface area contributed by atoms with E-state index in [1.54, 1.807) is 24.3 Å². The van der Waals surface area contributed by atoms with Crippen LogP contribution in [0.3, 0.4) is 0 Å². The summed E-state index contributed by atoms with van der Waals surface area (Å²) in [5.41, 5.74) is -0.0106. The third kappa shape index (κ3) is 3.67. The van der Waals surface area contributed by atoms with Crippen LogP contribution in [0.25, 0.3) is 0 Å². The van der Waals surface area contributed by atoms with Crippen molar-refractivity contribution in [3.05, 3.63) is 47.3 Å². The molecule has 116 valence electrons. The molecule has 3 rings (SSSR count). The molecule has 1 aliphatic carbocycles. The molecule has 2 aromatic rings. The molecule has 1 heterocycles. The summed E-state index contributed by atoms with van der Waals surface area (Å²) >= 11 is 1.17. The maximum Gasteiger partial charge on any atom is 0.324 e. The first-order chi connectivity index (χ1) is 11.1. The molecule has 0 spiro atoms. The highest BCUT2D eigenvalue weighted by Crippen LogP contribution is 2.35. The van der Waals surface area contributed by atoms with E-state index in [-0.39, 0.29) is 11.9 Å². The van der Waals surface area contributed by atoms with E-state index >= 15 is 0 Å². The molecule has 1 aromatic carbocycles. The monoisotopic (exact) mass is 326 g/mol. The number of thiophene rings is 1. The molecular weight excluding hydrogens is 312 g/mol. The van der Waals surface area contributed by atoms with Gasteiger partial charge in [0.2, 0.25) is 0 Å². The van der Waals surface area contributed by atoms with Gasteiger partial charge in [0.1, 0.15) is 5.54 Å². The van der Waals surface area contributed by atoms with Gasteiger partial charge >= 0.3 is 6.03 Å². The number of urea groups is 1. The van der Waals surface area contributed by atoms with E-state index in [4.69, 9.17) is 5.26 Å². The van der Waals surface area contributed by atoms with Crippen LogP contribution in [0.15, 0.2) is 42.5 Å². The number of nitrogens with zero attached hydrogens (tertiary/aromatic N) is 1.